The molecule has 0 aromatic heterocycles. The number of nitrogens with zero attached hydrogens (tertiary/aromatic N) is 1. The lowest BCUT2D eigenvalue weighted by atomic mass is 9.84. The Morgan fingerprint density at radius 1 is 1.10 bits per heavy atom. The van der Waals surface area contributed by atoms with E-state index in [0.29, 0.717) is 6.04 Å². The van der Waals surface area contributed by atoms with Crippen molar-refractivity contribution in [1.82, 2.24) is 10.2 Å². The molecule has 0 spiro atoms. The smallest absolute Gasteiger partial charge is 0.0227 e. The Morgan fingerprint density at radius 3 is 2.25 bits per heavy atom. The molecule has 3 fully saturated rings. The van der Waals surface area contributed by atoms with E-state index < -0.39 is 0 Å². The van der Waals surface area contributed by atoms with E-state index in [1.807, 2.05) is 0 Å². The number of nitrogens with one attached hydrogen (secondary N) is 1. The van der Waals surface area contributed by atoms with Crippen LogP contribution in [0.1, 0.15) is 44.7 Å². The number of piperidine rings is 3. The van der Waals surface area contributed by atoms with Crippen LogP contribution in [-0.2, 0) is 12.0 Å². The van der Waals surface area contributed by atoms with E-state index in [0.717, 1.165) is 12.5 Å². The van der Waals surface area contributed by atoms with Crippen LogP contribution in [0.5, 0.6) is 0 Å². The van der Waals surface area contributed by atoms with Crippen molar-refractivity contribution in [1.29, 1.82) is 0 Å². The highest BCUT2D eigenvalue weighted by Crippen LogP contribution is 2.28. The molecule has 20 heavy (non-hydrogen) atoms. The Bertz CT molecular complexity index is 435. The van der Waals surface area contributed by atoms with Gasteiger partial charge in [-0.05, 0) is 48.4 Å². The average Bonchev–Trinajstić information content (AvgIpc) is 2.46. The molecule has 0 aliphatic carbocycles. The minimum absolute atomic E-state index is 0.252. The van der Waals surface area contributed by atoms with Crippen molar-refractivity contribution < 1.29 is 0 Å². The summed E-state index contributed by atoms with van der Waals surface area (Å²) < 4.78 is 0. The zero-order valence-electron chi connectivity index (χ0n) is 13.2. The summed E-state index contributed by atoms with van der Waals surface area (Å²) in [6.45, 7) is 11.7. The van der Waals surface area contributed by atoms with Gasteiger partial charge in [0.1, 0.15) is 0 Å². The van der Waals surface area contributed by atoms with Crippen molar-refractivity contribution in [3.8, 4) is 0 Å². The van der Waals surface area contributed by atoms with Crippen LogP contribution in [0.3, 0.4) is 0 Å². The Kier molecular flexibility index (Phi) is 3.87. The molecule has 2 heteroatoms. The Morgan fingerprint density at radius 2 is 1.75 bits per heavy atom. The summed E-state index contributed by atoms with van der Waals surface area (Å²) in [5.74, 6) is 0.911. The summed E-state index contributed by atoms with van der Waals surface area (Å²) in [6, 6.07) is 9.85. The lowest BCUT2D eigenvalue weighted by Crippen LogP contribution is -2.55. The standard InChI is InChI=1S/C18H28N2/c1-18(2,3)16-6-4-14(5-7-16)12-19-17-13-20-10-8-15(17)9-11-20/h4-7,15,17,19H,8-13H2,1-3H3. The molecule has 0 radical (unpaired) electrons. The fourth-order valence-corrected chi connectivity index (χ4v) is 3.57. The molecule has 2 nitrogen and oxygen atoms in total. The van der Waals surface area contributed by atoms with Crippen LogP contribution in [-0.4, -0.2) is 30.6 Å². The van der Waals surface area contributed by atoms with E-state index in [1.54, 1.807) is 0 Å². The fraction of sp³-hybridized carbons (Fsp3) is 0.667. The van der Waals surface area contributed by atoms with Gasteiger partial charge in [0.2, 0.25) is 0 Å². The maximum Gasteiger partial charge on any atom is 0.0227 e. The van der Waals surface area contributed by atoms with E-state index in [2.05, 4.69) is 55.3 Å². The van der Waals surface area contributed by atoms with Crippen molar-refractivity contribution in [3.63, 3.8) is 0 Å². The summed E-state index contributed by atoms with van der Waals surface area (Å²) in [4.78, 5) is 2.61. The quantitative estimate of drug-likeness (QED) is 0.909. The molecule has 4 rings (SSSR count). The van der Waals surface area contributed by atoms with Crippen LogP contribution in [0.15, 0.2) is 24.3 Å². The minimum Gasteiger partial charge on any atom is -0.308 e. The largest absolute Gasteiger partial charge is 0.308 e. The predicted octanol–water partition coefficient (Wildman–Crippen LogP) is 3.17. The zero-order valence-corrected chi connectivity index (χ0v) is 13.2. The second-order valence-electron chi connectivity index (χ2n) is 7.57. The summed E-state index contributed by atoms with van der Waals surface area (Å²) in [5.41, 5.74) is 3.08. The van der Waals surface area contributed by atoms with Crippen LogP contribution < -0.4 is 5.32 Å². The summed E-state index contributed by atoms with van der Waals surface area (Å²) in [6.07, 6.45) is 2.78. The highest BCUT2D eigenvalue weighted by Gasteiger charge is 2.33. The van der Waals surface area contributed by atoms with Gasteiger partial charge < -0.3 is 10.2 Å². The van der Waals surface area contributed by atoms with E-state index in [9.17, 15) is 0 Å². The van der Waals surface area contributed by atoms with E-state index in [4.69, 9.17) is 0 Å². The molecule has 3 aliphatic heterocycles. The van der Waals surface area contributed by atoms with E-state index in [1.165, 1.54) is 43.6 Å². The summed E-state index contributed by atoms with van der Waals surface area (Å²) in [5, 5.41) is 3.79. The van der Waals surface area contributed by atoms with Crippen LogP contribution in [0.4, 0.5) is 0 Å². The van der Waals surface area contributed by atoms with Gasteiger partial charge in [-0.3, -0.25) is 0 Å². The maximum absolute atomic E-state index is 3.79. The van der Waals surface area contributed by atoms with Crippen LogP contribution >= 0.6 is 0 Å². The third kappa shape index (κ3) is 3.07. The summed E-state index contributed by atoms with van der Waals surface area (Å²) >= 11 is 0. The number of hydrogen-bond donors (Lipinski definition) is 1. The second-order valence-corrected chi connectivity index (χ2v) is 7.57. The van der Waals surface area contributed by atoms with Crippen molar-refractivity contribution in [2.45, 2.75) is 51.6 Å². The van der Waals surface area contributed by atoms with E-state index in [-0.39, 0.29) is 5.41 Å². The monoisotopic (exact) mass is 272 g/mol. The first-order chi connectivity index (χ1) is 9.52. The van der Waals surface area contributed by atoms with Gasteiger partial charge in [0.05, 0.1) is 0 Å². The Hall–Kier alpha value is -0.860. The fourth-order valence-electron chi connectivity index (χ4n) is 3.57. The first kappa shape index (κ1) is 14.1. The van der Waals surface area contributed by atoms with Gasteiger partial charge in [-0.15, -0.1) is 0 Å². The predicted molar refractivity (Wildman–Crippen MR) is 84.9 cm³/mol. The van der Waals surface area contributed by atoms with Gasteiger partial charge >= 0.3 is 0 Å². The van der Waals surface area contributed by atoms with Crippen molar-refractivity contribution >= 4 is 0 Å². The molecule has 1 aromatic rings. The molecule has 0 saturated carbocycles. The van der Waals surface area contributed by atoms with E-state index >= 15 is 0 Å². The molecule has 1 N–H and O–H groups in total. The molecule has 1 unspecified atom stereocenters. The van der Waals surface area contributed by atoms with Gasteiger partial charge in [0.15, 0.2) is 0 Å². The Labute approximate surface area is 123 Å². The van der Waals surface area contributed by atoms with Gasteiger partial charge in [0.25, 0.3) is 0 Å². The maximum atomic E-state index is 3.79. The summed E-state index contributed by atoms with van der Waals surface area (Å²) in [7, 11) is 0. The number of fused-ring (bicyclic) bond motifs is 3. The van der Waals surface area contributed by atoms with Crippen LogP contribution in [0.2, 0.25) is 0 Å². The third-order valence-electron chi connectivity index (χ3n) is 5.04. The van der Waals surface area contributed by atoms with Crippen LogP contribution in [0, 0.1) is 5.92 Å². The third-order valence-corrected chi connectivity index (χ3v) is 5.04. The lowest BCUT2D eigenvalue weighted by Gasteiger charge is -2.45. The van der Waals surface area contributed by atoms with Gasteiger partial charge in [0, 0.05) is 19.1 Å². The van der Waals surface area contributed by atoms with Crippen molar-refractivity contribution in [3.05, 3.63) is 35.4 Å². The first-order valence-electron chi connectivity index (χ1n) is 8.07. The van der Waals surface area contributed by atoms with Gasteiger partial charge in [-0.2, -0.15) is 0 Å². The molecule has 3 saturated heterocycles. The van der Waals surface area contributed by atoms with Crippen LogP contribution in [0.25, 0.3) is 0 Å². The highest BCUT2D eigenvalue weighted by atomic mass is 15.2. The second kappa shape index (κ2) is 5.50. The lowest BCUT2D eigenvalue weighted by molar-refractivity contribution is 0.0720. The number of rotatable bonds is 3. The molecule has 3 heterocycles. The molecule has 110 valence electrons. The highest BCUT2D eigenvalue weighted by molar-refractivity contribution is 5.27. The number of hydrogen-bond acceptors (Lipinski definition) is 2. The average molecular weight is 272 g/mol. The molecule has 3 aliphatic rings. The molecular weight excluding hydrogens is 244 g/mol. The molecule has 2 bridgehead atoms. The SMILES string of the molecule is CC(C)(C)c1ccc(CNC2CN3CCC2CC3)cc1. The van der Waals surface area contributed by atoms with Gasteiger partial charge in [-0.1, -0.05) is 45.0 Å². The number of benzene rings is 1. The zero-order chi connectivity index (χ0) is 14.2. The molecule has 0 amide bonds. The Balaban J connectivity index is 1.56. The van der Waals surface area contributed by atoms with Crippen molar-refractivity contribution in [2.24, 2.45) is 5.92 Å². The normalized spacial score (nSPS) is 29.6. The molecule has 1 aromatic carbocycles. The molecule has 1 atom stereocenters. The minimum atomic E-state index is 0.252. The molecular formula is C18H28N2. The topological polar surface area (TPSA) is 15.3 Å². The first-order valence-corrected chi connectivity index (χ1v) is 8.07. The van der Waals surface area contributed by atoms with Gasteiger partial charge in [-0.25, -0.2) is 0 Å². The van der Waals surface area contributed by atoms with Crippen molar-refractivity contribution in [2.75, 3.05) is 19.6 Å².